The highest BCUT2D eigenvalue weighted by Gasteiger charge is 2.22. The zero-order valence-corrected chi connectivity index (χ0v) is 14.3. The number of para-hydroxylation sites is 2. The number of aromatic nitrogens is 4. The second-order valence-electron chi connectivity index (χ2n) is 6.31. The number of fused-ring (bicyclic) bond motifs is 1. The number of amides is 1. The summed E-state index contributed by atoms with van der Waals surface area (Å²) in [5.41, 5.74) is 1.26. The minimum atomic E-state index is -0.351. The standard InChI is InChI=1S/C17H20N6O3/c24-15(7-6-14-19-16(25)21-20-14)22-8-3-9-23(11-10-22)17-18-12-4-1-2-5-13(12)26-17/h1-2,4-5H,3,6-11H2,(H2,19,20,21,25). The SMILES string of the molecule is O=C(CCc1n[nH]c(=O)[nH]1)N1CCCN(c2nc3ccccc3o2)CC1. The van der Waals surface area contributed by atoms with Gasteiger partial charge >= 0.3 is 5.69 Å². The van der Waals surface area contributed by atoms with Crippen molar-refractivity contribution < 1.29 is 9.21 Å². The number of anilines is 1. The molecule has 26 heavy (non-hydrogen) atoms. The van der Waals surface area contributed by atoms with E-state index in [2.05, 4.69) is 25.1 Å². The predicted molar refractivity (Wildman–Crippen MR) is 94.9 cm³/mol. The summed E-state index contributed by atoms with van der Waals surface area (Å²) in [7, 11) is 0. The molecule has 0 radical (unpaired) electrons. The fourth-order valence-electron chi connectivity index (χ4n) is 3.16. The number of carbonyl (C=O) groups excluding carboxylic acids is 1. The number of benzene rings is 1. The Labute approximate surface area is 149 Å². The first-order chi connectivity index (χ1) is 12.7. The summed E-state index contributed by atoms with van der Waals surface area (Å²) < 4.78 is 5.83. The molecule has 0 aliphatic carbocycles. The molecule has 1 aromatic carbocycles. The number of aromatic amines is 2. The van der Waals surface area contributed by atoms with E-state index in [-0.39, 0.29) is 11.6 Å². The minimum absolute atomic E-state index is 0.0632. The lowest BCUT2D eigenvalue weighted by Crippen LogP contribution is -2.35. The van der Waals surface area contributed by atoms with Crippen molar-refractivity contribution in [2.24, 2.45) is 0 Å². The summed E-state index contributed by atoms with van der Waals surface area (Å²) in [5.74, 6) is 0.569. The van der Waals surface area contributed by atoms with Gasteiger partial charge in [0.25, 0.3) is 6.01 Å². The maximum atomic E-state index is 12.5. The average molecular weight is 356 g/mol. The maximum Gasteiger partial charge on any atom is 0.340 e. The number of hydrogen-bond acceptors (Lipinski definition) is 6. The number of H-pyrrole nitrogens is 2. The van der Waals surface area contributed by atoms with Gasteiger partial charge in [-0.3, -0.25) is 9.78 Å². The molecule has 2 N–H and O–H groups in total. The second-order valence-corrected chi connectivity index (χ2v) is 6.31. The minimum Gasteiger partial charge on any atom is -0.423 e. The van der Waals surface area contributed by atoms with E-state index < -0.39 is 0 Å². The van der Waals surface area contributed by atoms with Crippen molar-refractivity contribution in [3.8, 4) is 0 Å². The third-order valence-electron chi connectivity index (χ3n) is 4.53. The van der Waals surface area contributed by atoms with Crippen LogP contribution in [0.3, 0.4) is 0 Å². The van der Waals surface area contributed by atoms with E-state index in [1.54, 1.807) is 0 Å². The summed E-state index contributed by atoms with van der Waals surface area (Å²) in [6, 6.07) is 8.29. The number of rotatable bonds is 4. The molecule has 1 saturated heterocycles. The number of hydrogen-bond donors (Lipinski definition) is 2. The molecule has 1 amide bonds. The fourth-order valence-corrected chi connectivity index (χ4v) is 3.16. The zero-order valence-electron chi connectivity index (χ0n) is 14.3. The van der Waals surface area contributed by atoms with E-state index in [1.807, 2.05) is 29.2 Å². The van der Waals surface area contributed by atoms with Crippen LogP contribution in [0.15, 0.2) is 33.5 Å². The van der Waals surface area contributed by atoms with E-state index in [0.29, 0.717) is 44.3 Å². The summed E-state index contributed by atoms with van der Waals surface area (Å²) in [6.07, 6.45) is 1.59. The van der Waals surface area contributed by atoms with Gasteiger partial charge in [-0.1, -0.05) is 12.1 Å². The van der Waals surface area contributed by atoms with Crippen molar-refractivity contribution >= 4 is 23.0 Å². The van der Waals surface area contributed by atoms with Crippen molar-refractivity contribution in [1.82, 2.24) is 25.1 Å². The third kappa shape index (κ3) is 3.46. The molecular formula is C17H20N6O3. The van der Waals surface area contributed by atoms with Crippen molar-refractivity contribution in [2.45, 2.75) is 19.3 Å². The molecule has 1 aliphatic rings. The van der Waals surface area contributed by atoms with Crippen LogP contribution in [0.5, 0.6) is 0 Å². The Kier molecular flexibility index (Phi) is 4.42. The Morgan fingerprint density at radius 2 is 2.08 bits per heavy atom. The topological polar surface area (TPSA) is 111 Å². The lowest BCUT2D eigenvalue weighted by Gasteiger charge is -2.21. The monoisotopic (exact) mass is 356 g/mol. The van der Waals surface area contributed by atoms with Gasteiger partial charge in [-0.25, -0.2) is 9.89 Å². The molecule has 0 bridgehead atoms. The fraction of sp³-hybridized carbons (Fsp3) is 0.412. The molecule has 4 rings (SSSR count). The number of oxazole rings is 1. The largest absolute Gasteiger partial charge is 0.423 e. The Hall–Kier alpha value is -3.10. The molecule has 3 heterocycles. The van der Waals surface area contributed by atoms with Crippen LogP contribution in [0.25, 0.3) is 11.1 Å². The van der Waals surface area contributed by atoms with Gasteiger partial charge in [0.05, 0.1) is 0 Å². The summed E-state index contributed by atoms with van der Waals surface area (Å²) in [4.78, 5) is 34.5. The van der Waals surface area contributed by atoms with E-state index in [0.717, 1.165) is 24.1 Å². The van der Waals surface area contributed by atoms with E-state index in [1.165, 1.54) is 0 Å². The zero-order chi connectivity index (χ0) is 17.9. The average Bonchev–Trinajstić information content (AvgIpc) is 3.18. The van der Waals surface area contributed by atoms with Crippen molar-refractivity contribution in [3.63, 3.8) is 0 Å². The highest BCUT2D eigenvalue weighted by atomic mass is 16.4. The molecule has 3 aromatic rings. The van der Waals surface area contributed by atoms with Crippen LogP contribution < -0.4 is 10.6 Å². The summed E-state index contributed by atoms with van der Waals surface area (Å²) in [5, 5.41) is 6.14. The molecule has 9 heteroatoms. The number of nitrogens with one attached hydrogen (secondary N) is 2. The molecule has 9 nitrogen and oxygen atoms in total. The van der Waals surface area contributed by atoms with Crippen molar-refractivity contribution in [2.75, 3.05) is 31.1 Å². The molecule has 0 atom stereocenters. The smallest absolute Gasteiger partial charge is 0.340 e. The highest BCUT2D eigenvalue weighted by Crippen LogP contribution is 2.22. The highest BCUT2D eigenvalue weighted by molar-refractivity contribution is 5.76. The molecular weight excluding hydrogens is 336 g/mol. The van der Waals surface area contributed by atoms with Crippen LogP contribution in [0.1, 0.15) is 18.7 Å². The molecule has 0 unspecified atom stereocenters. The molecule has 1 fully saturated rings. The van der Waals surface area contributed by atoms with Gasteiger partial charge in [0.2, 0.25) is 5.91 Å². The van der Waals surface area contributed by atoms with Crippen LogP contribution in [0, 0.1) is 0 Å². The van der Waals surface area contributed by atoms with Gasteiger partial charge in [-0.2, -0.15) is 10.1 Å². The van der Waals surface area contributed by atoms with Crippen LogP contribution in [0.2, 0.25) is 0 Å². The lowest BCUT2D eigenvalue weighted by atomic mass is 10.2. The molecule has 1 aliphatic heterocycles. The summed E-state index contributed by atoms with van der Waals surface area (Å²) in [6.45, 7) is 2.79. The first kappa shape index (κ1) is 16.4. The molecule has 2 aromatic heterocycles. The number of carbonyl (C=O) groups is 1. The van der Waals surface area contributed by atoms with Crippen molar-refractivity contribution in [1.29, 1.82) is 0 Å². The first-order valence-corrected chi connectivity index (χ1v) is 8.71. The van der Waals surface area contributed by atoms with Gasteiger partial charge in [-0.05, 0) is 18.6 Å². The Balaban J connectivity index is 1.36. The maximum absolute atomic E-state index is 12.5. The third-order valence-corrected chi connectivity index (χ3v) is 4.53. The van der Waals surface area contributed by atoms with E-state index in [4.69, 9.17) is 4.42 Å². The normalized spacial score (nSPS) is 15.4. The van der Waals surface area contributed by atoms with Gasteiger partial charge < -0.3 is 14.2 Å². The number of aryl methyl sites for hydroxylation is 1. The van der Waals surface area contributed by atoms with Gasteiger partial charge in [-0.15, -0.1) is 0 Å². The van der Waals surface area contributed by atoms with Crippen LogP contribution >= 0.6 is 0 Å². The quantitative estimate of drug-likeness (QED) is 0.719. The first-order valence-electron chi connectivity index (χ1n) is 8.71. The van der Waals surface area contributed by atoms with E-state index in [9.17, 15) is 9.59 Å². The predicted octanol–water partition coefficient (Wildman–Crippen LogP) is 0.911. The van der Waals surface area contributed by atoms with Crippen LogP contribution in [-0.2, 0) is 11.2 Å². The lowest BCUT2D eigenvalue weighted by molar-refractivity contribution is -0.130. The molecule has 0 spiro atoms. The Morgan fingerprint density at radius 3 is 2.88 bits per heavy atom. The van der Waals surface area contributed by atoms with Gasteiger partial charge in [0.1, 0.15) is 11.3 Å². The number of nitrogens with zero attached hydrogens (tertiary/aromatic N) is 4. The second kappa shape index (κ2) is 7.03. The van der Waals surface area contributed by atoms with Crippen LogP contribution in [-0.4, -0.2) is 57.2 Å². The van der Waals surface area contributed by atoms with Gasteiger partial charge in [0.15, 0.2) is 5.58 Å². The van der Waals surface area contributed by atoms with Gasteiger partial charge in [0, 0.05) is 39.0 Å². The Bertz CT molecular complexity index is 925. The molecule has 0 saturated carbocycles. The molecule has 136 valence electrons. The van der Waals surface area contributed by atoms with E-state index >= 15 is 0 Å². The Morgan fingerprint density at radius 1 is 1.19 bits per heavy atom. The van der Waals surface area contributed by atoms with Crippen LogP contribution in [0.4, 0.5) is 6.01 Å². The van der Waals surface area contributed by atoms with Crippen molar-refractivity contribution in [3.05, 3.63) is 40.6 Å². The summed E-state index contributed by atoms with van der Waals surface area (Å²) >= 11 is 0.